The molecule has 12 heteroatoms. The van der Waals surface area contributed by atoms with Crippen LogP contribution in [-0.4, -0.2) is 49.2 Å². The molecule has 0 radical (unpaired) electrons. The normalized spacial score (nSPS) is 20.2. The Morgan fingerprint density at radius 1 is 1.14 bits per heavy atom. The van der Waals surface area contributed by atoms with Crippen LogP contribution in [0.4, 0.5) is 23.9 Å². The highest BCUT2D eigenvalue weighted by molar-refractivity contribution is 7.13. The molecule has 1 fully saturated rings. The monoisotopic (exact) mass is 553 g/mol. The number of hydrogen-bond donors (Lipinski definition) is 1. The number of aromatic nitrogens is 3. The van der Waals surface area contributed by atoms with E-state index in [9.17, 15) is 23.1 Å². The molecule has 1 aliphatic rings. The summed E-state index contributed by atoms with van der Waals surface area (Å²) in [5, 5.41) is 12.4. The maximum Gasteiger partial charge on any atom is 0.416 e. The lowest BCUT2D eigenvalue weighted by atomic mass is 9.87. The molecule has 3 heterocycles. The Bertz CT molecular complexity index is 1200. The Balaban J connectivity index is 1.72. The topological polar surface area (TPSA) is 82.5 Å². The first-order chi connectivity index (χ1) is 17.6. The molecule has 1 saturated heterocycles. The lowest BCUT2D eigenvalue weighted by Crippen LogP contribution is -2.56. The molecule has 1 amide bonds. The molecule has 2 unspecified atom stereocenters. The SMILES string of the molecule is CCC1CC(N(Cc2cc(Cl)cc(C(F)(F)F)c2)c2ncc(-c3nccs3)cn2)CC(CC)N1C(=O)O. The van der Waals surface area contributed by atoms with E-state index in [1.165, 1.54) is 22.3 Å². The summed E-state index contributed by atoms with van der Waals surface area (Å²) in [6.07, 6.45) is 1.72. The molecule has 7 nitrogen and oxygen atoms in total. The number of benzene rings is 1. The van der Waals surface area contributed by atoms with Gasteiger partial charge in [0.25, 0.3) is 0 Å². The summed E-state index contributed by atoms with van der Waals surface area (Å²) in [7, 11) is 0. The molecule has 0 bridgehead atoms. The second-order valence-corrected chi connectivity index (χ2v) is 10.4. The molecule has 198 valence electrons. The first kappa shape index (κ1) is 27.1. The van der Waals surface area contributed by atoms with E-state index in [1.807, 2.05) is 24.1 Å². The molecule has 3 aromatic rings. The number of thiazole rings is 1. The number of alkyl halides is 3. The van der Waals surface area contributed by atoms with Crippen LogP contribution in [0.15, 0.2) is 42.2 Å². The van der Waals surface area contributed by atoms with Crippen molar-refractivity contribution in [2.24, 2.45) is 0 Å². The van der Waals surface area contributed by atoms with E-state index >= 15 is 0 Å². The fourth-order valence-electron chi connectivity index (χ4n) is 4.95. The lowest BCUT2D eigenvalue weighted by Gasteiger charge is -2.46. The molecule has 2 aromatic heterocycles. The van der Waals surface area contributed by atoms with Crippen LogP contribution in [0.1, 0.15) is 50.7 Å². The highest BCUT2D eigenvalue weighted by Crippen LogP contribution is 2.35. The number of piperidine rings is 1. The average Bonchev–Trinajstić information content (AvgIpc) is 3.40. The Hall–Kier alpha value is -2.92. The molecular formula is C25H27ClF3N5O2S. The van der Waals surface area contributed by atoms with Crippen LogP contribution in [0.3, 0.4) is 0 Å². The fourth-order valence-corrected chi connectivity index (χ4v) is 5.83. The first-order valence-electron chi connectivity index (χ1n) is 12.0. The lowest BCUT2D eigenvalue weighted by molar-refractivity contribution is -0.137. The van der Waals surface area contributed by atoms with E-state index in [1.54, 1.807) is 18.6 Å². The minimum absolute atomic E-state index is 0.0108. The van der Waals surface area contributed by atoms with Gasteiger partial charge in [0, 0.05) is 59.2 Å². The first-order valence-corrected chi connectivity index (χ1v) is 13.2. The number of likely N-dealkylation sites (tertiary alicyclic amines) is 1. The molecule has 37 heavy (non-hydrogen) atoms. The Morgan fingerprint density at radius 3 is 2.30 bits per heavy atom. The number of halogens is 4. The van der Waals surface area contributed by atoms with Gasteiger partial charge in [-0.25, -0.2) is 19.7 Å². The quantitative estimate of drug-likeness (QED) is 0.340. The highest BCUT2D eigenvalue weighted by atomic mass is 35.5. The van der Waals surface area contributed by atoms with Crippen molar-refractivity contribution in [2.45, 2.75) is 70.4 Å². The van der Waals surface area contributed by atoms with Gasteiger partial charge in [0.1, 0.15) is 5.01 Å². The summed E-state index contributed by atoms with van der Waals surface area (Å²) < 4.78 is 40.5. The third-order valence-corrected chi connectivity index (χ3v) is 7.73. The Labute approximate surface area is 221 Å². The van der Waals surface area contributed by atoms with Crippen molar-refractivity contribution in [3.8, 4) is 10.6 Å². The smallest absolute Gasteiger partial charge is 0.416 e. The van der Waals surface area contributed by atoms with Gasteiger partial charge in [-0.1, -0.05) is 25.4 Å². The molecule has 0 spiro atoms. The molecule has 1 aliphatic heterocycles. The number of carboxylic acid groups (broad SMARTS) is 1. The van der Waals surface area contributed by atoms with Crippen LogP contribution >= 0.6 is 22.9 Å². The van der Waals surface area contributed by atoms with Gasteiger partial charge in [-0.15, -0.1) is 11.3 Å². The van der Waals surface area contributed by atoms with Crippen LogP contribution in [0.5, 0.6) is 0 Å². The third kappa shape index (κ3) is 6.15. The summed E-state index contributed by atoms with van der Waals surface area (Å²) in [6, 6.07) is 2.84. The van der Waals surface area contributed by atoms with E-state index in [2.05, 4.69) is 15.0 Å². The van der Waals surface area contributed by atoms with Gasteiger partial charge in [-0.05, 0) is 49.4 Å². The molecule has 1 aromatic carbocycles. The predicted molar refractivity (Wildman–Crippen MR) is 137 cm³/mol. The number of rotatable bonds is 7. The third-order valence-electron chi connectivity index (χ3n) is 6.69. The molecule has 2 atom stereocenters. The van der Waals surface area contributed by atoms with E-state index in [0.717, 1.165) is 22.7 Å². The predicted octanol–water partition coefficient (Wildman–Crippen LogP) is 6.98. The van der Waals surface area contributed by atoms with Crippen molar-refractivity contribution in [3.05, 3.63) is 58.3 Å². The standard InChI is InChI=1S/C25H27ClF3N5O2S/c1-3-19-10-21(11-20(4-2)34(19)24(35)36)33(14-15-7-17(25(27,28)29)9-18(26)8-15)23-31-12-16(13-32-23)22-30-5-6-37-22/h5-9,12-13,19-21H,3-4,10-11,14H2,1-2H3,(H,35,36). The van der Waals surface area contributed by atoms with E-state index < -0.39 is 17.8 Å². The van der Waals surface area contributed by atoms with Crippen LogP contribution in [0, 0.1) is 0 Å². The van der Waals surface area contributed by atoms with Gasteiger partial charge in [0.05, 0.1) is 5.56 Å². The Morgan fingerprint density at radius 2 is 1.78 bits per heavy atom. The van der Waals surface area contributed by atoms with Crippen molar-refractivity contribution in [1.29, 1.82) is 0 Å². The molecule has 0 aliphatic carbocycles. The maximum absolute atomic E-state index is 13.5. The zero-order valence-electron chi connectivity index (χ0n) is 20.3. The van der Waals surface area contributed by atoms with Crippen molar-refractivity contribution < 1.29 is 23.1 Å². The number of nitrogens with zero attached hydrogens (tertiary/aromatic N) is 5. The summed E-state index contributed by atoms with van der Waals surface area (Å²) in [4.78, 5) is 28.8. The zero-order valence-corrected chi connectivity index (χ0v) is 21.9. The van der Waals surface area contributed by atoms with Gasteiger partial charge in [0.2, 0.25) is 5.95 Å². The second-order valence-electron chi connectivity index (χ2n) is 9.02. The number of carbonyl (C=O) groups is 1. The van der Waals surface area contributed by atoms with Crippen LogP contribution in [-0.2, 0) is 12.7 Å². The molecular weight excluding hydrogens is 527 g/mol. The summed E-state index contributed by atoms with van der Waals surface area (Å²) >= 11 is 7.52. The van der Waals surface area contributed by atoms with Crippen LogP contribution in [0.2, 0.25) is 5.02 Å². The van der Waals surface area contributed by atoms with Crippen LogP contribution in [0.25, 0.3) is 10.6 Å². The summed E-state index contributed by atoms with van der Waals surface area (Å²) in [5.41, 5.74) is 0.280. The fraction of sp³-hybridized carbons (Fsp3) is 0.440. The van der Waals surface area contributed by atoms with E-state index in [4.69, 9.17) is 11.6 Å². The van der Waals surface area contributed by atoms with E-state index in [-0.39, 0.29) is 29.7 Å². The van der Waals surface area contributed by atoms with Crippen LogP contribution < -0.4 is 4.90 Å². The van der Waals surface area contributed by atoms with Gasteiger partial charge in [-0.3, -0.25) is 0 Å². The minimum Gasteiger partial charge on any atom is -0.465 e. The van der Waals surface area contributed by atoms with Crippen molar-refractivity contribution in [1.82, 2.24) is 19.9 Å². The largest absolute Gasteiger partial charge is 0.465 e. The molecule has 4 rings (SSSR count). The van der Waals surface area contributed by atoms with E-state index in [0.29, 0.717) is 37.2 Å². The molecule has 1 N–H and O–H groups in total. The van der Waals surface area contributed by atoms with Crippen molar-refractivity contribution in [2.75, 3.05) is 4.90 Å². The maximum atomic E-state index is 13.5. The van der Waals surface area contributed by atoms with Gasteiger partial charge >= 0.3 is 12.3 Å². The van der Waals surface area contributed by atoms with Gasteiger partial charge in [0.15, 0.2) is 0 Å². The number of anilines is 1. The van der Waals surface area contributed by atoms with Crippen molar-refractivity contribution in [3.63, 3.8) is 0 Å². The second kappa shape index (κ2) is 11.2. The van der Waals surface area contributed by atoms with Gasteiger partial charge < -0.3 is 14.9 Å². The highest BCUT2D eigenvalue weighted by Gasteiger charge is 2.40. The average molecular weight is 554 g/mol. The molecule has 0 saturated carbocycles. The number of hydrogen-bond acceptors (Lipinski definition) is 6. The summed E-state index contributed by atoms with van der Waals surface area (Å²) in [5.74, 6) is 0.354. The minimum atomic E-state index is -4.54. The van der Waals surface area contributed by atoms with Crippen molar-refractivity contribution >= 4 is 35.0 Å². The Kier molecular flexibility index (Phi) is 8.23. The summed E-state index contributed by atoms with van der Waals surface area (Å²) in [6.45, 7) is 3.96. The number of amides is 1. The zero-order chi connectivity index (χ0) is 26.7. The van der Waals surface area contributed by atoms with Gasteiger partial charge in [-0.2, -0.15) is 13.2 Å².